The molecule has 0 fully saturated rings. The van der Waals surface area contributed by atoms with Gasteiger partial charge in [-0.2, -0.15) is 0 Å². The molecule has 0 saturated carbocycles. The minimum Gasteiger partial charge on any atom is -0.384 e. The van der Waals surface area contributed by atoms with Crippen LogP contribution in [-0.4, -0.2) is 5.11 Å². The van der Waals surface area contributed by atoms with Gasteiger partial charge in [-0.1, -0.05) is 63.2 Å². The van der Waals surface area contributed by atoms with Gasteiger partial charge >= 0.3 is 0 Å². The standard InChI is InChI=1S/C19H24O/c1-13-7-6-8-17(14(13)2)18(20)15-9-11-16(12-10-15)19(3,4)5/h6-12,18,20H,1-5H3. The Morgan fingerprint density at radius 2 is 1.50 bits per heavy atom. The third-order valence-corrected chi connectivity index (χ3v) is 4.03. The van der Waals surface area contributed by atoms with Gasteiger partial charge in [0.2, 0.25) is 0 Å². The van der Waals surface area contributed by atoms with E-state index in [0.29, 0.717) is 0 Å². The molecule has 106 valence electrons. The van der Waals surface area contributed by atoms with Crippen LogP contribution < -0.4 is 0 Å². The van der Waals surface area contributed by atoms with E-state index in [1.807, 2.05) is 24.3 Å². The maximum Gasteiger partial charge on any atom is 0.104 e. The van der Waals surface area contributed by atoms with Crippen molar-refractivity contribution in [3.8, 4) is 0 Å². The molecule has 0 amide bonds. The summed E-state index contributed by atoms with van der Waals surface area (Å²) in [6, 6.07) is 14.4. The third-order valence-electron chi connectivity index (χ3n) is 4.03. The Bertz CT molecular complexity index is 588. The summed E-state index contributed by atoms with van der Waals surface area (Å²) in [4.78, 5) is 0. The molecule has 0 aliphatic heterocycles. The van der Waals surface area contributed by atoms with Crippen LogP contribution in [0.2, 0.25) is 0 Å². The van der Waals surface area contributed by atoms with Crippen LogP contribution in [0.5, 0.6) is 0 Å². The van der Waals surface area contributed by atoms with E-state index in [9.17, 15) is 5.11 Å². The predicted molar refractivity (Wildman–Crippen MR) is 85.1 cm³/mol. The highest BCUT2D eigenvalue weighted by atomic mass is 16.3. The van der Waals surface area contributed by atoms with E-state index in [4.69, 9.17) is 0 Å². The second-order valence-electron chi connectivity index (χ2n) is 6.56. The highest BCUT2D eigenvalue weighted by molar-refractivity contribution is 5.40. The first kappa shape index (κ1) is 14.8. The van der Waals surface area contributed by atoms with Crippen molar-refractivity contribution < 1.29 is 5.11 Å². The molecule has 0 saturated heterocycles. The molecular weight excluding hydrogens is 244 g/mol. The summed E-state index contributed by atoms with van der Waals surface area (Å²) in [6.07, 6.45) is -0.552. The summed E-state index contributed by atoms with van der Waals surface area (Å²) in [6.45, 7) is 10.7. The van der Waals surface area contributed by atoms with Crippen molar-refractivity contribution >= 4 is 0 Å². The minimum absolute atomic E-state index is 0.142. The van der Waals surface area contributed by atoms with E-state index in [0.717, 1.165) is 11.1 Å². The number of hydrogen-bond acceptors (Lipinski definition) is 1. The zero-order valence-corrected chi connectivity index (χ0v) is 13.1. The Balaban J connectivity index is 2.34. The lowest BCUT2D eigenvalue weighted by Crippen LogP contribution is -2.11. The molecule has 0 aliphatic carbocycles. The highest BCUT2D eigenvalue weighted by Gasteiger charge is 2.16. The Morgan fingerprint density at radius 1 is 0.900 bits per heavy atom. The zero-order chi connectivity index (χ0) is 14.9. The van der Waals surface area contributed by atoms with Gasteiger partial charge < -0.3 is 5.11 Å². The fraction of sp³-hybridized carbons (Fsp3) is 0.368. The largest absolute Gasteiger partial charge is 0.384 e. The first-order chi connectivity index (χ1) is 9.30. The lowest BCUT2D eigenvalue weighted by Gasteiger charge is -2.21. The molecule has 0 aromatic heterocycles. The van der Waals surface area contributed by atoms with Crippen molar-refractivity contribution in [2.45, 2.75) is 46.1 Å². The van der Waals surface area contributed by atoms with E-state index < -0.39 is 6.10 Å². The van der Waals surface area contributed by atoms with Gasteiger partial charge in [0, 0.05) is 0 Å². The molecule has 2 aromatic rings. The van der Waals surface area contributed by atoms with Crippen LogP contribution in [0.25, 0.3) is 0 Å². The summed E-state index contributed by atoms with van der Waals surface area (Å²) < 4.78 is 0. The average Bonchev–Trinajstić information content (AvgIpc) is 2.40. The van der Waals surface area contributed by atoms with Crippen molar-refractivity contribution in [2.75, 3.05) is 0 Å². The van der Waals surface area contributed by atoms with E-state index >= 15 is 0 Å². The van der Waals surface area contributed by atoms with Crippen LogP contribution in [-0.2, 0) is 5.41 Å². The Morgan fingerprint density at radius 3 is 2.05 bits per heavy atom. The van der Waals surface area contributed by atoms with Crippen LogP contribution in [0.1, 0.15) is 54.7 Å². The summed E-state index contributed by atoms with van der Waals surface area (Å²) in [5.74, 6) is 0. The molecule has 2 rings (SSSR count). The van der Waals surface area contributed by atoms with Crippen LogP contribution in [0, 0.1) is 13.8 Å². The number of aliphatic hydroxyl groups excluding tert-OH is 1. The molecule has 1 N–H and O–H groups in total. The molecule has 1 unspecified atom stereocenters. The molecule has 0 aliphatic rings. The summed E-state index contributed by atoms with van der Waals surface area (Å²) >= 11 is 0. The van der Waals surface area contributed by atoms with E-state index in [1.165, 1.54) is 16.7 Å². The highest BCUT2D eigenvalue weighted by Crippen LogP contribution is 2.28. The number of benzene rings is 2. The normalized spacial score (nSPS) is 13.3. The SMILES string of the molecule is Cc1cccc(C(O)c2ccc(C(C)(C)C)cc2)c1C. The van der Waals surface area contributed by atoms with Crippen molar-refractivity contribution in [2.24, 2.45) is 0 Å². The molecule has 20 heavy (non-hydrogen) atoms. The average molecular weight is 268 g/mol. The van der Waals surface area contributed by atoms with Gasteiger partial charge in [-0.25, -0.2) is 0 Å². The van der Waals surface area contributed by atoms with Crippen molar-refractivity contribution in [3.63, 3.8) is 0 Å². The fourth-order valence-corrected chi connectivity index (χ4v) is 2.41. The lowest BCUT2D eigenvalue weighted by molar-refractivity contribution is 0.219. The third kappa shape index (κ3) is 2.94. The van der Waals surface area contributed by atoms with E-state index in [1.54, 1.807) is 0 Å². The van der Waals surface area contributed by atoms with Crippen LogP contribution >= 0.6 is 0 Å². The van der Waals surface area contributed by atoms with Crippen molar-refractivity contribution in [1.29, 1.82) is 0 Å². The Hall–Kier alpha value is -1.60. The lowest BCUT2D eigenvalue weighted by atomic mass is 9.85. The molecule has 0 radical (unpaired) electrons. The molecule has 1 heteroatoms. The predicted octanol–water partition coefficient (Wildman–Crippen LogP) is 4.68. The molecule has 0 spiro atoms. The van der Waals surface area contributed by atoms with Crippen LogP contribution in [0.3, 0.4) is 0 Å². The topological polar surface area (TPSA) is 20.2 Å². The number of aryl methyl sites for hydroxylation is 1. The maximum atomic E-state index is 10.6. The first-order valence-electron chi connectivity index (χ1n) is 7.15. The summed E-state index contributed by atoms with van der Waals surface area (Å²) in [5, 5.41) is 10.6. The van der Waals surface area contributed by atoms with E-state index in [2.05, 4.69) is 52.8 Å². The van der Waals surface area contributed by atoms with Gasteiger partial charge in [-0.05, 0) is 47.1 Å². The number of rotatable bonds is 2. The molecular formula is C19H24O. The second kappa shape index (κ2) is 5.41. The summed E-state index contributed by atoms with van der Waals surface area (Å²) in [7, 11) is 0. The smallest absolute Gasteiger partial charge is 0.104 e. The van der Waals surface area contributed by atoms with Gasteiger partial charge in [0.15, 0.2) is 0 Å². The molecule has 2 aromatic carbocycles. The van der Waals surface area contributed by atoms with Gasteiger partial charge in [-0.3, -0.25) is 0 Å². The minimum atomic E-state index is -0.552. The zero-order valence-electron chi connectivity index (χ0n) is 13.1. The van der Waals surface area contributed by atoms with Gasteiger partial charge in [0.1, 0.15) is 6.10 Å². The van der Waals surface area contributed by atoms with E-state index in [-0.39, 0.29) is 5.41 Å². The second-order valence-corrected chi connectivity index (χ2v) is 6.56. The molecule has 0 bridgehead atoms. The van der Waals surface area contributed by atoms with Gasteiger partial charge in [0.05, 0.1) is 0 Å². The molecule has 1 atom stereocenters. The molecule has 1 nitrogen and oxygen atoms in total. The van der Waals surface area contributed by atoms with Crippen LogP contribution in [0.15, 0.2) is 42.5 Å². The van der Waals surface area contributed by atoms with Crippen LogP contribution in [0.4, 0.5) is 0 Å². The number of hydrogen-bond donors (Lipinski definition) is 1. The number of aliphatic hydroxyl groups is 1. The first-order valence-corrected chi connectivity index (χ1v) is 7.15. The van der Waals surface area contributed by atoms with Crippen molar-refractivity contribution in [3.05, 3.63) is 70.3 Å². The van der Waals surface area contributed by atoms with Gasteiger partial charge in [0.25, 0.3) is 0 Å². The fourth-order valence-electron chi connectivity index (χ4n) is 2.41. The quantitative estimate of drug-likeness (QED) is 0.838. The van der Waals surface area contributed by atoms with Crippen molar-refractivity contribution in [1.82, 2.24) is 0 Å². The molecule has 0 heterocycles. The summed E-state index contributed by atoms with van der Waals surface area (Å²) in [5.41, 5.74) is 5.75. The Kier molecular flexibility index (Phi) is 4.01. The Labute approximate surface area is 122 Å². The monoisotopic (exact) mass is 268 g/mol. The maximum absolute atomic E-state index is 10.6. The van der Waals surface area contributed by atoms with Gasteiger partial charge in [-0.15, -0.1) is 0 Å².